The molecular formula is C28H25BrN4O5. The first kappa shape index (κ1) is 26.7. The monoisotopic (exact) mass is 576 g/mol. The Hall–Kier alpha value is -4.36. The van der Waals surface area contributed by atoms with E-state index in [0.717, 1.165) is 5.69 Å². The number of nitro benzene ring substituents is 1. The van der Waals surface area contributed by atoms with Gasteiger partial charge in [0.1, 0.15) is 18.2 Å². The van der Waals surface area contributed by atoms with Gasteiger partial charge < -0.3 is 19.3 Å². The van der Waals surface area contributed by atoms with Crippen LogP contribution in [-0.4, -0.2) is 49.0 Å². The highest BCUT2D eigenvalue weighted by Crippen LogP contribution is 2.35. The first-order chi connectivity index (χ1) is 18.4. The number of carbonyl (C=O) groups excluding carboxylic acids is 1. The first-order valence-electron chi connectivity index (χ1n) is 11.8. The lowest BCUT2D eigenvalue weighted by atomic mass is 10.1. The molecule has 9 nitrogen and oxygen atoms in total. The Morgan fingerprint density at radius 3 is 2.47 bits per heavy atom. The molecule has 0 aromatic heterocycles. The topological polar surface area (TPSA) is 109 Å². The zero-order chi connectivity index (χ0) is 27.1. The van der Waals surface area contributed by atoms with Crippen molar-refractivity contribution in [1.29, 1.82) is 5.26 Å². The van der Waals surface area contributed by atoms with Crippen molar-refractivity contribution in [2.75, 3.05) is 38.2 Å². The molecule has 10 heteroatoms. The maximum Gasteiger partial charge on any atom is 0.269 e. The second-order valence-corrected chi connectivity index (χ2v) is 9.38. The number of nitrogens with zero attached hydrogens (tertiary/aromatic N) is 4. The van der Waals surface area contributed by atoms with E-state index in [0.29, 0.717) is 53.3 Å². The van der Waals surface area contributed by atoms with Crippen LogP contribution in [0, 0.1) is 21.4 Å². The highest BCUT2D eigenvalue weighted by atomic mass is 79.9. The van der Waals surface area contributed by atoms with Gasteiger partial charge in [0.2, 0.25) is 0 Å². The Morgan fingerprint density at radius 2 is 1.82 bits per heavy atom. The number of nitro groups is 1. The van der Waals surface area contributed by atoms with Gasteiger partial charge in [0.25, 0.3) is 11.6 Å². The zero-order valence-electron chi connectivity index (χ0n) is 20.7. The molecule has 1 heterocycles. The molecule has 1 saturated heterocycles. The molecule has 4 rings (SSSR count). The van der Waals surface area contributed by atoms with E-state index in [1.807, 2.05) is 36.4 Å². The summed E-state index contributed by atoms with van der Waals surface area (Å²) in [5, 5.41) is 20.8. The number of anilines is 1. The predicted molar refractivity (Wildman–Crippen MR) is 147 cm³/mol. The summed E-state index contributed by atoms with van der Waals surface area (Å²) < 4.78 is 11.9. The largest absolute Gasteiger partial charge is 0.493 e. The van der Waals surface area contributed by atoms with Crippen molar-refractivity contribution in [2.45, 2.75) is 6.61 Å². The van der Waals surface area contributed by atoms with Crippen LogP contribution in [0.4, 0.5) is 11.4 Å². The normalized spacial score (nSPS) is 13.6. The fraction of sp³-hybridized carbons (Fsp3) is 0.214. The summed E-state index contributed by atoms with van der Waals surface area (Å²) in [5.74, 6) is 0.480. The van der Waals surface area contributed by atoms with Crippen LogP contribution in [-0.2, 0) is 11.4 Å². The zero-order valence-corrected chi connectivity index (χ0v) is 22.3. The van der Waals surface area contributed by atoms with Crippen LogP contribution in [0.2, 0.25) is 0 Å². The van der Waals surface area contributed by atoms with Crippen LogP contribution < -0.4 is 14.4 Å². The maximum absolute atomic E-state index is 13.1. The molecule has 0 saturated carbocycles. The molecule has 1 fully saturated rings. The first-order valence-corrected chi connectivity index (χ1v) is 12.6. The van der Waals surface area contributed by atoms with Gasteiger partial charge in [-0.2, -0.15) is 5.26 Å². The van der Waals surface area contributed by atoms with Crippen LogP contribution in [0.3, 0.4) is 0 Å². The van der Waals surface area contributed by atoms with Gasteiger partial charge in [0, 0.05) is 48.5 Å². The molecule has 0 N–H and O–H groups in total. The average molecular weight is 577 g/mol. The van der Waals surface area contributed by atoms with E-state index in [1.54, 1.807) is 29.2 Å². The molecule has 3 aromatic rings. The summed E-state index contributed by atoms with van der Waals surface area (Å²) in [6, 6.07) is 21.6. The number of amides is 1. The minimum Gasteiger partial charge on any atom is -0.493 e. The average Bonchev–Trinajstić information content (AvgIpc) is 2.96. The van der Waals surface area contributed by atoms with Crippen LogP contribution in [0.25, 0.3) is 6.08 Å². The van der Waals surface area contributed by atoms with Gasteiger partial charge in [0.15, 0.2) is 11.5 Å². The Labute approximate surface area is 228 Å². The lowest BCUT2D eigenvalue weighted by molar-refractivity contribution is -0.384. The van der Waals surface area contributed by atoms with Gasteiger partial charge in [-0.05, 0) is 41.5 Å². The van der Waals surface area contributed by atoms with E-state index in [9.17, 15) is 20.2 Å². The summed E-state index contributed by atoms with van der Waals surface area (Å²) in [5.41, 5.74) is 2.32. The molecule has 1 aliphatic heterocycles. The smallest absolute Gasteiger partial charge is 0.269 e. The van der Waals surface area contributed by atoms with Gasteiger partial charge in [0.05, 0.1) is 12.0 Å². The number of piperazine rings is 1. The summed E-state index contributed by atoms with van der Waals surface area (Å²) in [6.07, 6.45) is 1.53. The highest BCUT2D eigenvalue weighted by molar-refractivity contribution is 9.10. The van der Waals surface area contributed by atoms with Crippen molar-refractivity contribution >= 4 is 39.3 Å². The Kier molecular flexibility index (Phi) is 8.61. The highest BCUT2D eigenvalue weighted by Gasteiger charge is 2.24. The number of para-hydroxylation sites is 1. The SMILES string of the molecule is COc1cc(/C=C(/C#N)C(=O)N2CCN(c3ccccc3)CC2)c(Br)cc1OCc1cccc([N+](=O)[O-])c1. The quantitative estimate of drug-likeness (QED) is 0.157. The van der Waals surface area contributed by atoms with Crippen LogP contribution in [0.1, 0.15) is 11.1 Å². The van der Waals surface area contributed by atoms with Gasteiger partial charge in [-0.3, -0.25) is 14.9 Å². The second kappa shape index (κ2) is 12.3. The third kappa shape index (κ3) is 6.30. The molecule has 0 bridgehead atoms. The predicted octanol–water partition coefficient (Wildman–Crippen LogP) is 5.20. The fourth-order valence-corrected chi connectivity index (χ4v) is 4.57. The molecule has 3 aromatic carbocycles. The van der Waals surface area contributed by atoms with E-state index < -0.39 is 4.92 Å². The third-order valence-corrected chi connectivity index (χ3v) is 6.82. The molecular weight excluding hydrogens is 552 g/mol. The molecule has 0 radical (unpaired) electrons. The van der Waals surface area contributed by atoms with Gasteiger partial charge in [-0.25, -0.2) is 0 Å². The van der Waals surface area contributed by atoms with Crippen LogP contribution in [0.5, 0.6) is 11.5 Å². The molecule has 1 amide bonds. The lowest BCUT2D eigenvalue weighted by Gasteiger charge is -2.36. The standard InChI is InChI=1S/C28H25BrN4O5/c1-37-26-16-21(25(29)17-27(26)38-19-20-6-5-9-24(14-20)33(35)36)15-22(18-30)28(34)32-12-10-31(11-13-32)23-7-3-2-4-8-23/h2-9,14-17H,10-13,19H2,1H3/b22-15-. The van der Waals surface area contributed by atoms with E-state index in [4.69, 9.17) is 9.47 Å². The van der Waals surface area contributed by atoms with E-state index in [2.05, 4.69) is 20.8 Å². The number of hydrogen-bond acceptors (Lipinski definition) is 7. The number of non-ortho nitro benzene ring substituents is 1. The fourth-order valence-electron chi connectivity index (χ4n) is 4.13. The van der Waals surface area contributed by atoms with Crippen molar-refractivity contribution in [3.8, 4) is 17.6 Å². The molecule has 0 unspecified atom stereocenters. The van der Waals surface area contributed by atoms with Crippen molar-refractivity contribution < 1.29 is 19.2 Å². The number of rotatable bonds is 8. The molecule has 0 aliphatic carbocycles. The number of ether oxygens (including phenoxy) is 2. The van der Waals surface area contributed by atoms with Crippen LogP contribution in [0.15, 0.2) is 76.8 Å². The number of nitriles is 1. The number of carbonyl (C=O) groups is 1. The van der Waals surface area contributed by atoms with Crippen molar-refractivity contribution in [3.63, 3.8) is 0 Å². The van der Waals surface area contributed by atoms with Gasteiger partial charge in [-0.1, -0.05) is 46.3 Å². The molecule has 194 valence electrons. The Bertz CT molecular complexity index is 1400. The minimum atomic E-state index is -0.459. The lowest BCUT2D eigenvalue weighted by Crippen LogP contribution is -2.49. The van der Waals surface area contributed by atoms with Crippen molar-refractivity contribution in [1.82, 2.24) is 4.90 Å². The maximum atomic E-state index is 13.1. The molecule has 1 aliphatic rings. The Morgan fingerprint density at radius 1 is 1.08 bits per heavy atom. The number of hydrogen-bond donors (Lipinski definition) is 0. The van der Waals surface area contributed by atoms with E-state index in [1.165, 1.54) is 25.3 Å². The molecule has 0 spiro atoms. The van der Waals surface area contributed by atoms with E-state index >= 15 is 0 Å². The molecule has 0 atom stereocenters. The Balaban J connectivity index is 1.47. The summed E-state index contributed by atoms with van der Waals surface area (Å²) in [7, 11) is 1.49. The van der Waals surface area contributed by atoms with Gasteiger partial charge in [-0.15, -0.1) is 0 Å². The van der Waals surface area contributed by atoms with Crippen molar-refractivity contribution in [2.24, 2.45) is 0 Å². The summed E-state index contributed by atoms with van der Waals surface area (Å²) >= 11 is 3.49. The molecule has 38 heavy (non-hydrogen) atoms. The third-order valence-electron chi connectivity index (χ3n) is 6.14. The van der Waals surface area contributed by atoms with Crippen LogP contribution >= 0.6 is 15.9 Å². The number of halogens is 1. The summed E-state index contributed by atoms with van der Waals surface area (Å²) in [4.78, 5) is 27.6. The number of benzene rings is 3. The second-order valence-electron chi connectivity index (χ2n) is 8.52. The minimum absolute atomic E-state index is 0.0186. The van der Waals surface area contributed by atoms with E-state index in [-0.39, 0.29) is 23.8 Å². The number of methoxy groups -OCH3 is 1. The van der Waals surface area contributed by atoms with Crippen molar-refractivity contribution in [3.05, 3.63) is 98.0 Å². The van der Waals surface area contributed by atoms with Gasteiger partial charge >= 0.3 is 0 Å². The summed E-state index contributed by atoms with van der Waals surface area (Å²) in [6.45, 7) is 2.49.